The molecular weight excluding hydrogens is 214 g/mol. The molecule has 1 N–H and O–H groups in total. The second kappa shape index (κ2) is 5.05. The molecule has 0 bridgehead atoms. The molecule has 0 aromatic heterocycles. The van der Waals surface area contributed by atoms with Gasteiger partial charge in [-0.25, -0.2) is 13.6 Å². The lowest BCUT2D eigenvalue weighted by Crippen LogP contribution is -2.09. The standard InChI is InChI=1S/C12H14F2O2/c1-12(13,14)7-3-5-9-4-2-6-10(8-9)11(15)16/h2,4,6,8H,3,5,7H2,1H3,(H,15,16). The fraction of sp³-hybridized carbons (Fsp3) is 0.417. The lowest BCUT2D eigenvalue weighted by molar-refractivity contribution is 0.0111. The van der Waals surface area contributed by atoms with E-state index in [1.54, 1.807) is 12.1 Å². The van der Waals surface area contributed by atoms with Gasteiger partial charge in [-0.3, -0.25) is 0 Å². The fourth-order valence-corrected chi connectivity index (χ4v) is 1.46. The number of halogens is 2. The van der Waals surface area contributed by atoms with E-state index in [0.717, 1.165) is 12.5 Å². The number of aryl methyl sites for hydroxylation is 1. The summed E-state index contributed by atoms with van der Waals surface area (Å²) in [7, 11) is 0. The molecule has 0 aliphatic heterocycles. The van der Waals surface area contributed by atoms with Gasteiger partial charge in [-0.05, 0) is 37.5 Å². The van der Waals surface area contributed by atoms with Crippen LogP contribution in [0.1, 0.15) is 35.7 Å². The number of rotatable bonds is 5. The molecule has 16 heavy (non-hydrogen) atoms. The first-order valence-corrected chi connectivity index (χ1v) is 5.08. The van der Waals surface area contributed by atoms with Crippen molar-refractivity contribution in [1.29, 1.82) is 0 Å². The van der Waals surface area contributed by atoms with Gasteiger partial charge < -0.3 is 5.11 Å². The Balaban J connectivity index is 2.55. The summed E-state index contributed by atoms with van der Waals surface area (Å²) in [6, 6.07) is 6.39. The summed E-state index contributed by atoms with van der Waals surface area (Å²) < 4.78 is 25.1. The number of alkyl halides is 2. The van der Waals surface area contributed by atoms with Crippen molar-refractivity contribution in [3.05, 3.63) is 35.4 Å². The number of carboxylic acid groups (broad SMARTS) is 1. The van der Waals surface area contributed by atoms with Crippen molar-refractivity contribution in [3.63, 3.8) is 0 Å². The van der Waals surface area contributed by atoms with Crippen LogP contribution in [-0.2, 0) is 6.42 Å². The molecule has 0 heterocycles. The van der Waals surface area contributed by atoms with E-state index in [1.807, 2.05) is 0 Å². The Morgan fingerprint density at radius 3 is 2.69 bits per heavy atom. The lowest BCUT2D eigenvalue weighted by Gasteiger charge is -2.09. The Labute approximate surface area is 92.9 Å². The van der Waals surface area contributed by atoms with E-state index in [-0.39, 0.29) is 12.0 Å². The van der Waals surface area contributed by atoms with Crippen molar-refractivity contribution in [3.8, 4) is 0 Å². The highest BCUT2D eigenvalue weighted by Crippen LogP contribution is 2.20. The first kappa shape index (κ1) is 12.6. The van der Waals surface area contributed by atoms with Crippen LogP contribution in [0.25, 0.3) is 0 Å². The van der Waals surface area contributed by atoms with Crippen LogP contribution in [0, 0.1) is 0 Å². The van der Waals surface area contributed by atoms with Gasteiger partial charge in [0, 0.05) is 6.42 Å². The molecule has 4 heteroatoms. The lowest BCUT2D eigenvalue weighted by atomic mass is 10.0. The second-order valence-corrected chi connectivity index (χ2v) is 3.93. The predicted molar refractivity (Wildman–Crippen MR) is 57.0 cm³/mol. The highest BCUT2D eigenvalue weighted by Gasteiger charge is 2.19. The molecule has 1 rings (SSSR count). The molecule has 0 atom stereocenters. The average molecular weight is 228 g/mol. The van der Waals surface area contributed by atoms with E-state index in [0.29, 0.717) is 12.8 Å². The van der Waals surface area contributed by atoms with Gasteiger partial charge in [0.2, 0.25) is 5.92 Å². The monoisotopic (exact) mass is 228 g/mol. The van der Waals surface area contributed by atoms with E-state index >= 15 is 0 Å². The number of benzene rings is 1. The van der Waals surface area contributed by atoms with Crippen LogP contribution < -0.4 is 0 Å². The van der Waals surface area contributed by atoms with E-state index in [9.17, 15) is 13.6 Å². The molecule has 0 fully saturated rings. The minimum atomic E-state index is -2.65. The number of carbonyl (C=O) groups is 1. The minimum absolute atomic E-state index is 0.176. The number of aromatic carboxylic acids is 1. The normalized spacial score (nSPS) is 11.4. The van der Waals surface area contributed by atoms with Gasteiger partial charge in [0.25, 0.3) is 0 Å². The van der Waals surface area contributed by atoms with Gasteiger partial charge in [-0.1, -0.05) is 12.1 Å². The van der Waals surface area contributed by atoms with Gasteiger partial charge in [0.05, 0.1) is 5.56 Å². The zero-order valence-electron chi connectivity index (χ0n) is 9.04. The maximum absolute atomic E-state index is 12.5. The summed E-state index contributed by atoms with van der Waals surface area (Å²) >= 11 is 0. The number of hydrogen-bond donors (Lipinski definition) is 1. The molecule has 0 saturated carbocycles. The molecule has 0 aliphatic carbocycles. The zero-order chi connectivity index (χ0) is 12.2. The Morgan fingerprint density at radius 2 is 2.12 bits per heavy atom. The van der Waals surface area contributed by atoms with Gasteiger partial charge in [-0.2, -0.15) is 0 Å². The highest BCUT2D eigenvalue weighted by molar-refractivity contribution is 5.87. The van der Waals surface area contributed by atoms with E-state index in [4.69, 9.17) is 5.11 Å². The number of hydrogen-bond acceptors (Lipinski definition) is 1. The van der Waals surface area contributed by atoms with Crippen LogP contribution in [0.5, 0.6) is 0 Å². The Bertz CT molecular complexity index is 370. The summed E-state index contributed by atoms with van der Waals surface area (Å²) in [6.45, 7) is 0.890. The smallest absolute Gasteiger partial charge is 0.335 e. The van der Waals surface area contributed by atoms with Crippen LogP contribution in [0.15, 0.2) is 24.3 Å². The van der Waals surface area contributed by atoms with Crippen molar-refractivity contribution in [1.82, 2.24) is 0 Å². The molecule has 0 spiro atoms. The highest BCUT2D eigenvalue weighted by atomic mass is 19.3. The molecule has 0 aliphatic rings. The first-order valence-electron chi connectivity index (χ1n) is 5.08. The van der Waals surface area contributed by atoms with Crippen LogP contribution in [-0.4, -0.2) is 17.0 Å². The molecule has 1 aromatic rings. The predicted octanol–water partition coefficient (Wildman–Crippen LogP) is 3.36. The van der Waals surface area contributed by atoms with Gasteiger partial charge >= 0.3 is 5.97 Å². The topological polar surface area (TPSA) is 37.3 Å². The maximum atomic E-state index is 12.5. The van der Waals surface area contributed by atoms with Crippen LogP contribution in [0.2, 0.25) is 0 Å². The first-order chi connectivity index (χ1) is 7.38. The molecule has 0 radical (unpaired) electrons. The van der Waals surface area contributed by atoms with E-state index < -0.39 is 11.9 Å². The third-order valence-corrected chi connectivity index (χ3v) is 2.26. The van der Waals surface area contributed by atoms with E-state index in [1.165, 1.54) is 12.1 Å². The quantitative estimate of drug-likeness (QED) is 0.839. The molecule has 0 saturated heterocycles. The summed E-state index contributed by atoms with van der Waals surface area (Å²) in [6.07, 6.45) is 0.654. The van der Waals surface area contributed by atoms with Crippen LogP contribution >= 0.6 is 0 Å². The van der Waals surface area contributed by atoms with E-state index in [2.05, 4.69) is 0 Å². The maximum Gasteiger partial charge on any atom is 0.335 e. The molecule has 88 valence electrons. The summed E-state index contributed by atoms with van der Waals surface area (Å²) in [5, 5.41) is 8.74. The third kappa shape index (κ3) is 4.38. The zero-order valence-corrected chi connectivity index (χ0v) is 9.04. The molecule has 1 aromatic carbocycles. The SMILES string of the molecule is CC(F)(F)CCCc1cccc(C(=O)O)c1. The van der Waals surface area contributed by atoms with Crippen molar-refractivity contribution < 1.29 is 18.7 Å². The molecular formula is C12H14F2O2. The molecule has 0 unspecified atom stereocenters. The Hall–Kier alpha value is -1.45. The van der Waals surface area contributed by atoms with Crippen molar-refractivity contribution >= 4 is 5.97 Å². The van der Waals surface area contributed by atoms with Crippen molar-refractivity contribution in [2.24, 2.45) is 0 Å². The number of carboxylic acids is 1. The Kier molecular flexibility index (Phi) is 3.99. The Morgan fingerprint density at radius 1 is 1.44 bits per heavy atom. The fourth-order valence-electron chi connectivity index (χ4n) is 1.46. The second-order valence-electron chi connectivity index (χ2n) is 3.93. The molecule has 2 nitrogen and oxygen atoms in total. The van der Waals surface area contributed by atoms with Crippen molar-refractivity contribution in [2.45, 2.75) is 32.1 Å². The summed E-state index contributed by atoms with van der Waals surface area (Å²) in [5.74, 6) is -3.65. The van der Waals surface area contributed by atoms with Crippen LogP contribution in [0.3, 0.4) is 0 Å². The third-order valence-electron chi connectivity index (χ3n) is 2.26. The molecule has 0 amide bonds. The summed E-state index contributed by atoms with van der Waals surface area (Å²) in [4.78, 5) is 10.7. The van der Waals surface area contributed by atoms with Gasteiger partial charge in [0.1, 0.15) is 0 Å². The minimum Gasteiger partial charge on any atom is -0.478 e. The van der Waals surface area contributed by atoms with Gasteiger partial charge in [-0.15, -0.1) is 0 Å². The van der Waals surface area contributed by atoms with Crippen LogP contribution in [0.4, 0.5) is 8.78 Å². The summed E-state index contributed by atoms with van der Waals surface area (Å²) in [5.41, 5.74) is 0.977. The average Bonchev–Trinajstić information content (AvgIpc) is 2.16. The largest absolute Gasteiger partial charge is 0.478 e. The van der Waals surface area contributed by atoms with Crippen molar-refractivity contribution in [2.75, 3.05) is 0 Å². The van der Waals surface area contributed by atoms with Gasteiger partial charge in [0.15, 0.2) is 0 Å².